The zero-order chi connectivity index (χ0) is 15.0. The lowest BCUT2D eigenvalue weighted by molar-refractivity contribution is 0.103. The number of benzene rings is 2. The van der Waals surface area contributed by atoms with Gasteiger partial charge in [0.05, 0.1) is 10.6 Å². The summed E-state index contributed by atoms with van der Waals surface area (Å²) in [5, 5.41) is 0. The summed E-state index contributed by atoms with van der Waals surface area (Å²) in [5.41, 5.74) is 2.49. The van der Waals surface area contributed by atoms with Crippen molar-refractivity contribution in [1.29, 1.82) is 0 Å². The molecule has 1 heterocycles. The highest BCUT2D eigenvalue weighted by molar-refractivity contribution is 7.91. The van der Waals surface area contributed by atoms with Gasteiger partial charge in [0.15, 0.2) is 15.6 Å². The summed E-state index contributed by atoms with van der Waals surface area (Å²) in [6.45, 7) is 1.96. The number of carbonyl (C=O) groups excluding carboxylic acids is 1. The maximum Gasteiger partial charge on any atom is 0.191 e. The Labute approximate surface area is 123 Å². The molecule has 0 N–H and O–H groups in total. The first-order valence-electron chi connectivity index (χ1n) is 6.61. The van der Waals surface area contributed by atoms with Crippen molar-refractivity contribution in [3.05, 3.63) is 70.8 Å². The number of sulfone groups is 1. The lowest BCUT2D eigenvalue weighted by Gasteiger charge is -2.17. The summed E-state index contributed by atoms with van der Waals surface area (Å²) in [4.78, 5) is 12.6. The average molecular weight is 298 g/mol. The number of hydrogen-bond acceptors (Lipinski definition) is 3. The predicted octanol–water partition coefficient (Wildman–Crippen LogP) is 3.05. The van der Waals surface area contributed by atoms with Gasteiger partial charge in [-0.2, -0.15) is 0 Å². The maximum absolute atomic E-state index is 12.5. The van der Waals surface area contributed by atoms with Crippen LogP contribution in [0.4, 0.5) is 0 Å². The van der Waals surface area contributed by atoms with Gasteiger partial charge in [-0.25, -0.2) is 8.42 Å². The van der Waals surface area contributed by atoms with E-state index in [-0.39, 0.29) is 22.0 Å². The lowest BCUT2D eigenvalue weighted by Crippen LogP contribution is -2.24. The van der Waals surface area contributed by atoms with Crippen molar-refractivity contribution in [2.24, 2.45) is 0 Å². The minimum absolute atomic E-state index is 0.136. The first kappa shape index (κ1) is 13.8. The third-order valence-corrected chi connectivity index (χ3v) is 5.20. The largest absolute Gasteiger partial charge is 0.289 e. The van der Waals surface area contributed by atoms with E-state index in [1.807, 2.05) is 31.2 Å². The highest BCUT2D eigenvalue weighted by atomic mass is 32.2. The molecule has 4 heteroatoms. The third kappa shape index (κ3) is 2.54. The van der Waals surface area contributed by atoms with Crippen LogP contribution in [0, 0.1) is 6.92 Å². The van der Waals surface area contributed by atoms with E-state index in [2.05, 4.69) is 0 Å². The van der Waals surface area contributed by atoms with E-state index < -0.39 is 9.84 Å². The highest BCUT2D eigenvalue weighted by Crippen LogP contribution is 2.28. The molecule has 0 unspecified atom stereocenters. The van der Waals surface area contributed by atoms with Crippen molar-refractivity contribution in [2.45, 2.75) is 11.8 Å². The van der Waals surface area contributed by atoms with Gasteiger partial charge in [0.2, 0.25) is 0 Å². The van der Waals surface area contributed by atoms with Crippen LogP contribution in [0.15, 0.2) is 59.0 Å². The van der Waals surface area contributed by atoms with Crippen LogP contribution in [-0.4, -0.2) is 20.0 Å². The number of fused-ring (bicyclic) bond motifs is 1. The third-order valence-electron chi connectivity index (χ3n) is 3.49. The van der Waals surface area contributed by atoms with Gasteiger partial charge in [-0.1, -0.05) is 42.0 Å². The maximum atomic E-state index is 12.5. The summed E-state index contributed by atoms with van der Waals surface area (Å²) in [7, 11) is -3.44. The molecular formula is C17H14O3S. The number of ketones is 1. The van der Waals surface area contributed by atoms with Gasteiger partial charge in [0.1, 0.15) is 0 Å². The van der Waals surface area contributed by atoms with Gasteiger partial charge in [-0.15, -0.1) is 0 Å². The van der Waals surface area contributed by atoms with E-state index in [4.69, 9.17) is 0 Å². The number of aryl methyl sites for hydroxylation is 1. The van der Waals surface area contributed by atoms with Crippen molar-refractivity contribution < 1.29 is 13.2 Å². The smallest absolute Gasteiger partial charge is 0.191 e. The molecule has 106 valence electrons. The second-order valence-electron chi connectivity index (χ2n) is 5.17. The Balaban J connectivity index is 2.13. The number of rotatable bonds is 1. The Morgan fingerprint density at radius 2 is 1.81 bits per heavy atom. The van der Waals surface area contributed by atoms with Crippen molar-refractivity contribution in [1.82, 2.24) is 0 Å². The minimum atomic E-state index is -3.44. The van der Waals surface area contributed by atoms with E-state index in [9.17, 15) is 13.2 Å². The fourth-order valence-corrected chi connectivity index (χ4v) is 4.08. The van der Waals surface area contributed by atoms with Gasteiger partial charge in [-0.3, -0.25) is 4.79 Å². The summed E-state index contributed by atoms with van der Waals surface area (Å²) < 4.78 is 24.6. The quantitative estimate of drug-likeness (QED) is 0.760. The van der Waals surface area contributed by atoms with Gasteiger partial charge in [0, 0.05) is 11.1 Å². The summed E-state index contributed by atoms with van der Waals surface area (Å²) >= 11 is 0. The number of carbonyl (C=O) groups is 1. The standard InChI is InChI=1S/C17H14O3S/c1-12-5-4-6-13(9-12)10-14-11-21(19,20)16-8-3-2-7-15(16)17(14)18/h2-10H,11H2,1H3. The molecule has 0 spiro atoms. The molecular weight excluding hydrogens is 284 g/mol. The molecule has 0 atom stereocenters. The molecule has 3 rings (SSSR count). The molecule has 0 fully saturated rings. The number of hydrogen-bond donors (Lipinski definition) is 0. The van der Waals surface area contributed by atoms with Crippen LogP contribution < -0.4 is 0 Å². The van der Waals surface area contributed by atoms with Gasteiger partial charge >= 0.3 is 0 Å². The molecule has 1 aliphatic heterocycles. The van der Waals surface area contributed by atoms with Gasteiger partial charge in [-0.05, 0) is 30.7 Å². The Kier molecular flexibility index (Phi) is 3.26. The van der Waals surface area contributed by atoms with Crippen LogP contribution in [0.5, 0.6) is 0 Å². The molecule has 0 bridgehead atoms. The molecule has 21 heavy (non-hydrogen) atoms. The van der Waals surface area contributed by atoms with E-state index >= 15 is 0 Å². The summed E-state index contributed by atoms with van der Waals surface area (Å²) in [5.74, 6) is -0.446. The molecule has 2 aromatic rings. The van der Waals surface area contributed by atoms with Gasteiger partial charge < -0.3 is 0 Å². The molecule has 0 saturated carbocycles. The molecule has 0 aliphatic carbocycles. The van der Waals surface area contributed by atoms with Crippen LogP contribution >= 0.6 is 0 Å². The van der Waals surface area contributed by atoms with Crippen molar-refractivity contribution in [2.75, 3.05) is 5.75 Å². The Morgan fingerprint density at radius 3 is 2.57 bits per heavy atom. The van der Waals surface area contributed by atoms with Crippen LogP contribution in [0.3, 0.4) is 0 Å². The van der Waals surface area contributed by atoms with Crippen LogP contribution in [0.2, 0.25) is 0 Å². The molecule has 3 nitrogen and oxygen atoms in total. The fourth-order valence-electron chi connectivity index (χ4n) is 2.51. The van der Waals surface area contributed by atoms with Crippen LogP contribution in [0.1, 0.15) is 21.5 Å². The predicted molar refractivity (Wildman–Crippen MR) is 82.0 cm³/mol. The molecule has 0 amide bonds. The minimum Gasteiger partial charge on any atom is -0.289 e. The van der Waals surface area contributed by atoms with E-state index in [0.29, 0.717) is 5.57 Å². The molecule has 0 saturated heterocycles. The first-order chi connectivity index (χ1) is 9.97. The van der Waals surface area contributed by atoms with Gasteiger partial charge in [0.25, 0.3) is 0 Å². The Morgan fingerprint density at radius 1 is 1.05 bits per heavy atom. The zero-order valence-corrected chi connectivity index (χ0v) is 12.4. The van der Waals surface area contributed by atoms with Crippen molar-refractivity contribution >= 4 is 21.7 Å². The van der Waals surface area contributed by atoms with Crippen molar-refractivity contribution in [3.63, 3.8) is 0 Å². The molecule has 1 aliphatic rings. The Bertz CT molecular complexity index is 861. The van der Waals surface area contributed by atoms with Crippen LogP contribution in [0.25, 0.3) is 6.08 Å². The molecule has 0 aromatic heterocycles. The second kappa shape index (κ2) is 4.97. The van der Waals surface area contributed by atoms with E-state index in [0.717, 1.165) is 11.1 Å². The summed E-state index contributed by atoms with van der Waals surface area (Å²) in [6, 6.07) is 14.0. The SMILES string of the molecule is Cc1cccc(C=C2CS(=O)(=O)c3ccccc3C2=O)c1. The first-order valence-corrected chi connectivity index (χ1v) is 8.26. The normalized spacial score (nSPS) is 18.5. The Hall–Kier alpha value is -2.20. The van der Waals surface area contributed by atoms with E-state index in [1.165, 1.54) is 6.07 Å². The van der Waals surface area contributed by atoms with Crippen molar-refractivity contribution in [3.8, 4) is 0 Å². The number of Topliss-reactive ketones (excluding diaryl/α,β-unsaturated/α-hetero) is 1. The lowest BCUT2D eigenvalue weighted by atomic mass is 10.0. The topological polar surface area (TPSA) is 51.2 Å². The average Bonchev–Trinajstić information content (AvgIpc) is 2.44. The zero-order valence-electron chi connectivity index (χ0n) is 11.5. The van der Waals surface area contributed by atoms with E-state index in [1.54, 1.807) is 24.3 Å². The second-order valence-corrected chi connectivity index (χ2v) is 7.13. The fraction of sp³-hybridized carbons (Fsp3) is 0.118. The summed E-state index contributed by atoms with van der Waals surface area (Å²) in [6.07, 6.45) is 1.67. The van der Waals surface area contributed by atoms with Crippen LogP contribution in [-0.2, 0) is 9.84 Å². The molecule has 0 radical (unpaired) electrons. The molecule has 2 aromatic carbocycles. The monoisotopic (exact) mass is 298 g/mol. The highest BCUT2D eigenvalue weighted by Gasteiger charge is 2.32.